The van der Waals surface area contributed by atoms with Gasteiger partial charge in [0.1, 0.15) is 5.76 Å². The van der Waals surface area contributed by atoms with Crippen molar-refractivity contribution in [3.63, 3.8) is 0 Å². The molecule has 2 fully saturated rings. The third kappa shape index (κ3) is 5.70. The van der Waals surface area contributed by atoms with E-state index in [1.165, 1.54) is 6.42 Å². The summed E-state index contributed by atoms with van der Waals surface area (Å²) in [7, 11) is 0. The van der Waals surface area contributed by atoms with Crippen molar-refractivity contribution in [3.05, 3.63) is 17.3 Å². The van der Waals surface area contributed by atoms with Gasteiger partial charge in [-0.1, -0.05) is 12.8 Å². The normalized spacial score (nSPS) is 22.2. The number of nitrogens with one attached hydrogen (secondary N) is 1. The van der Waals surface area contributed by atoms with Gasteiger partial charge in [-0.05, 0) is 65.0 Å². The summed E-state index contributed by atoms with van der Waals surface area (Å²) in [5.74, 6) is 2.23. The number of aliphatic hydroxyl groups is 1. The summed E-state index contributed by atoms with van der Waals surface area (Å²) < 4.78 is 5.70. The summed E-state index contributed by atoms with van der Waals surface area (Å²) in [6, 6.07) is 0.232. The van der Waals surface area contributed by atoms with Crippen molar-refractivity contribution in [3.8, 4) is 0 Å². The van der Waals surface area contributed by atoms with E-state index in [9.17, 15) is 9.90 Å². The number of urea groups is 1. The first-order valence-electron chi connectivity index (χ1n) is 10.9. The van der Waals surface area contributed by atoms with Gasteiger partial charge < -0.3 is 19.7 Å². The van der Waals surface area contributed by atoms with Crippen LogP contribution in [0.2, 0.25) is 0 Å². The number of amides is 2. The van der Waals surface area contributed by atoms with Crippen LogP contribution in [-0.4, -0.2) is 64.7 Å². The van der Waals surface area contributed by atoms with E-state index in [0.29, 0.717) is 12.3 Å². The standard InChI is InChI=1S/C21H36N4O3/c1-16-17(2)28-20(23-16)15-24-11-7-18(8-12-24)14-22-21(27)25-10-5-3-4-6-19(25)9-13-26/h18-19,26H,3-15H2,1-2H3,(H,22,27). The fourth-order valence-electron chi connectivity index (χ4n) is 4.37. The van der Waals surface area contributed by atoms with Gasteiger partial charge in [-0.2, -0.15) is 0 Å². The summed E-state index contributed by atoms with van der Waals surface area (Å²) in [4.78, 5) is 21.5. The minimum atomic E-state index is 0.0496. The zero-order chi connectivity index (χ0) is 19.9. The zero-order valence-electron chi connectivity index (χ0n) is 17.5. The predicted molar refractivity (Wildman–Crippen MR) is 108 cm³/mol. The molecule has 1 atom stereocenters. The Kier molecular flexibility index (Phi) is 7.73. The number of piperidine rings is 1. The van der Waals surface area contributed by atoms with E-state index in [4.69, 9.17) is 4.42 Å². The van der Waals surface area contributed by atoms with Crippen LogP contribution in [0.1, 0.15) is 62.3 Å². The van der Waals surface area contributed by atoms with Crippen LogP contribution in [0.5, 0.6) is 0 Å². The summed E-state index contributed by atoms with van der Waals surface area (Å²) in [5.41, 5.74) is 0.973. The third-order valence-corrected chi connectivity index (χ3v) is 6.28. The fraction of sp³-hybridized carbons (Fsp3) is 0.810. The maximum atomic E-state index is 12.7. The summed E-state index contributed by atoms with van der Waals surface area (Å²) >= 11 is 0. The predicted octanol–water partition coefficient (Wildman–Crippen LogP) is 2.84. The number of carbonyl (C=O) groups excluding carboxylic acids is 1. The molecule has 1 aromatic rings. The number of likely N-dealkylation sites (tertiary alicyclic amines) is 2. The number of aliphatic hydroxyl groups excluding tert-OH is 1. The van der Waals surface area contributed by atoms with Gasteiger partial charge in [0.05, 0.1) is 12.2 Å². The van der Waals surface area contributed by atoms with Gasteiger partial charge >= 0.3 is 6.03 Å². The summed E-state index contributed by atoms with van der Waals surface area (Å²) in [6.45, 7) is 8.43. The van der Waals surface area contributed by atoms with Crippen molar-refractivity contribution in [2.45, 2.75) is 71.4 Å². The molecule has 3 heterocycles. The molecule has 7 nitrogen and oxygen atoms in total. The van der Waals surface area contributed by atoms with Gasteiger partial charge in [0, 0.05) is 25.7 Å². The smallest absolute Gasteiger partial charge is 0.317 e. The van der Waals surface area contributed by atoms with Crippen LogP contribution in [0.25, 0.3) is 0 Å². The molecule has 0 radical (unpaired) electrons. The van der Waals surface area contributed by atoms with E-state index in [2.05, 4.69) is 15.2 Å². The Bertz CT molecular complexity index is 606. The molecule has 2 aliphatic heterocycles. The molecular weight excluding hydrogens is 356 g/mol. The Morgan fingerprint density at radius 3 is 2.64 bits per heavy atom. The highest BCUT2D eigenvalue weighted by Crippen LogP contribution is 2.21. The molecular formula is C21H36N4O3. The minimum absolute atomic E-state index is 0.0496. The van der Waals surface area contributed by atoms with Gasteiger partial charge in [0.15, 0.2) is 0 Å². The van der Waals surface area contributed by atoms with Crippen LogP contribution in [0.3, 0.4) is 0 Å². The first-order valence-corrected chi connectivity index (χ1v) is 10.9. The molecule has 158 valence electrons. The Morgan fingerprint density at radius 2 is 1.96 bits per heavy atom. The number of rotatable bonds is 6. The second-order valence-electron chi connectivity index (χ2n) is 8.36. The molecule has 2 amide bonds. The average molecular weight is 393 g/mol. The summed E-state index contributed by atoms with van der Waals surface area (Å²) in [6.07, 6.45) is 7.24. The molecule has 28 heavy (non-hydrogen) atoms. The number of aryl methyl sites for hydroxylation is 2. The lowest BCUT2D eigenvalue weighted by molar-refractivity contribution is 0.145. The van der Waals surface area contributed by atoms with E-state index in [1.54, 1.807) is 0 Å². The largest absolute Gasteiger partial charge is 0.444 e. The summed E-state index contributed by atoms with van der Waals surface area (Å²) in [5, 5.41) is 12.5. The van der Waals surface area contributed by atoms with Crippen LogP contribution < -0.4 is 5.32 Å². The van der Waals surface area contributed by atoms with E-state index in [0.717, 1.165) is 82.2 Å². The molecule has 2 N–H and O–H groups in total. The van der Waals surface area contributed by atoms with Crippen molar-refractivity contribution < 1.29 is 14.3 Å². The van der Waals surface area contributed by atoms with E-state index in [-0.39, 0.29) is 18.7 Å². The van der Waals surface area contributed by atoms with Gasteiger partial charge in [0.2, 0.25) is 5.89 Å². The number of hydrogen-bond donors (Lipinski definition) is 2. The third-order valence-electron chi connectivity index (χ3n) is 6.28. The van der Waals surface area contributed by atoms with Crippen LogP contribution in [0, 0.1) is 19.8 Å². The van der Waals surface area contributed by atoms with Crippen molar-refractivity contribution >= 4 is 6.03 Å². The number of nitrogens with zero attached hydrogens (tertiary/aromatic N) is 3. The first-order chi connectivity index (χ1) is 13.6. The Hall–Kier alpha value is -1.60. The molecule has 3 rings (SSSR count). The molecule has 1 unspecified atom stereocenters. The van der Waals surface area contributed by atoms with E-state index < -0.39 is 0 Å². The number of oxazole rings is 1. The SMILES string of the molecule is Cc1nc(CN2CCC(CNC(=O)N3CCCCCC3CCO)CC2)oc1C. The number of hydrogen-bond acceptors (Lipinski definition) is 5. The molecule has 7 heteroatoms. The highest BCUT2D eigenvalue weighted by Gasteiger charge is 2.26. The molecule has 0 saturated carbocycles. The molecule has 0 bridgehead atoms. The van der Waals surface area contributed by atoms with Crippen LogP contribution in [0.15, 0.2) is 4.42 Å². The van der Waals surface area contributed by atoms with Crippen LogP contribution >= 0.6 is 0 Å². The quantitative estimate of drug-likeness (QED) is 0.778. The maximum absolute atomic E-state index is 12.7. The van der Waals surface area contributed by atoms with Crippen LogP contribution in [0.4, 0.5) is 4.79 Å². The maximum Gasteiger partial charge on any atom is 0.317 e. The van der Waals surface area contributed by atoms with Crippen molar-refractivity contribution in [1.29, 1.82) is 0 Å². The van der Waals surface area contributed by atoms with Crippen molar-refractivity contribution in [1.82, 2.24) is 20.1 Å². The Morgan fingerprint density at radius 1 is 1.18 bits per heavy atom. The highest BCUT2D eigenvalue weighted by atomic mass is 16.4. The Labute approximate surface area is 168 Å². The average Bonchev–Trinajstić information content (AvgIpc) is 2.86. The lowest BCUT2D eigenvalue weighted by Gasteiger charge is -2.33. The highest BCUT2D eigenvalue weighted by molar-refractivity contribution is 5.74. The van der Waals surface area contributed by atoms with Gasteiger partial charge in [0.25, 0.3) is 0 Å². The topological polar surface area (TPSA) is 81.8 Å². The molecule has 1 aromatic heterocycles. The number of aromatic nitrogens is 1. The van der Waals surface area contributed by atoms with Gasteiger partial charge in [-0.3, -0.25) is 4.90 Å². The van der Waals surface area contributed by atoms with Gasteiger partial charge in [-0.25, -0.2) is 9.78 Å². The Balaban J connectivity index is 1.41. The van der Waals surface area contributed by atoms with E-state index >= 15 is 0 Å². The van der Waals surface area contributed by atoms with Crippen LogP contribution in [-0.2, 0) is 6.54 Å². The van der Waals surface area contributed by atoms with E-state index in [1.807, 2.05) is 18.7 Å². The zero-order valence-corrected chi connectivity index (χ0v) is 17.5. The molecule has 2 saturated heterocycles. The molecule has 0 aromatic carbocycles. The lowest BCUT2D eigenvalue weighted by Crippen LogP contribution is -2.48. The second kappa shape index (κ2) is 10.3. The fourth-order valence-corrected chi connectivity index (χ4v) is 4.37. The minimum Gasteiger partial charge on any atom is -0.444 e. The second-order valence-corrected chi connectivity index (χ2v) is 8.36. The first kappa shape index (κ1) is 21.1. The lowest BCUT2D eigenvalue weighted by atomic mass is 9.97. The monoisotopic (exact) mass is 392 g/mol. The number of carbonyl (C=O) groups is 1. The molecule has 0 aliphatic carbocycles. The molecule has 2 aliphatic rings. The molecule has 0 spiro atoms. The van der Waals surface area contributed by atoms with Gasteiger partial charge in [-0.15, -0.1) is 0 Å². The van der Waals surface area contributed by atoms with Crippen molar-refractivity contribution in [2.24, 2.45) is 5.92 Å². The van der Waals surface area contributed by atoms with Crippen molar-refractivity contribution in [2.75, 3.05) is 32.8 Å².